The number of halogens is 7. The first-order valence-electron chi connectivity index (χ1n) is 7.56. The molecule has 12 heteroatoms. The monoisotopic (exact) mass is 440 g/mol. The van der Waals surface area contributed by atoms with Crippen LogP contribution in [0.5, 0.6) is 5.75 Å². The Bertz CT molecular complexity index is 911. The quantitative estimate of drug-likeness (QED) is 0.523. The van der Waals surface area contributed by atoms with Crippen LogP contribution in [0.4, 0.5) is 37.7 Å². The largest absolute Gasteiger partial charge is 0.495 e. The minimum absolute atomic E-state index is 0.0276. The van der Waals surface area contributed by atoms with Crippen molar-refractivity contribution < 1.29 is 40.7 Å². The summed E-state index contributed by atoms with van der Waals surface area (Å²) in [5.41, 5.74) is -4.16. The number of alkyl halides is 6. The van der Waals surface area contributed by atoms with E-state index in [0.717, 1.165) is 0 Å². The van der Waals surface area contributed by atoms with Crippen LogP contribution in [0, 0.1) is 0 Å². The molecule has 0 fully saturated rings. The third-order valence-electron chi connectivity index (χ3n) is 3.46. The van der Waals surface area contributed by atoms with Crippen LogP contribution >= 0.6 is 11.6 Å². The molecule has 0 heterocycles. The van der Waals surface area contributed by atoms with E-state index >= 15 is 0 Å². The highest BCUT2D eigenvalue weighted by molar-refractivity contribution is 6.44. The number of hydrogen-bond donors (Lipinski definition) is 2. The Morgan fingerprint density at radius 3 is 1.86 bits per heavy atom. The molecule has 5 nitrogen and oxygen atoms in total. The third-order valence-corrected chi connectivity index (χ3v) is 3.70. The second kappa shape index (κ2) is 8.19. The molecule has 0 saturated heterocycles. The van der Waals surface area contributed by atoms with Crippen LogP contribution in [0.1, 0.15) is 11.1 Å². The summed E-state index contributed by atoms with van der Waals surface area (Å²) >= 11 is 5.77. The molecule has 0 saturated carbocycles. The highest BCUT2D eigenvalue weighted by atomic mass is 35.5. The lowest BCUT2D eigenvalue weighted by molar-refractivity contribution is -0.143. The summed E-state index contributed by atoms with van der Waals surface area (Å²) in [7, 11) is 1.26. The average Bonchev–Trinajstić information content (AvgIpc) is 2.60. The van der Waals surface area contributed by atoms with E-state index in [-0.39, 0.29) is 34.7 Å². The molecule has 0 radical (unpaired) electrons. The van der Waals surface area contributed by atoms with Gasteiger partial charge in [-0.25, -0.2) is 0 Å². The molecule has 29 heavy (non-hydrogen) atoms. The predicted octanol–water partition coefficient (Wildman–Crippen LogP) is 4.96. The van der Waals surface area contributed by atoms with Gasteiger partial charge in [0.05, 0.1) is 23.9 Å². The fraction of sp³-hybridized carbons (Fsp3) is 0.176. The average molecular weight is 441 g/mol. The lowest BCUT2D eigenvalue weighted by atomic mass is 10.1. The summed E-state index contributed by atoms with van der Waals surface area (Å²) in [6.07, 6.45) is -10.2. The van der Waals surface area contributed by atoms with Gasteiger partial charge in [0, 0.05) is 10.7 Å². The Morgan fingerprint density at radius 2 is 1.38 bits per heavy atom. The highest BCUT2D eigenvalue weighted by Gasteiger charge is 2.37. The van der Waals surface area contributed by atoms with Crippen molar-refractivity contribution in [3.05, 3.63) is 52.5 Å². The van der Waals surface area contributed by atoms with Crippen molar-refractivity contribution in [1.82, 2.24) is 0 Å². The fourth-order valence-corrected chi connectivity index (χ4v) is 2.34. The topological polar surface area (TPSA) is 67.4 Å². The molecule has 0 aliphatic rings. The van der Waals surface area contributed by atoms with Crippen LogP contribution in [0.25, 0.3) is 0 Å². The second-order valence-corrected chi connectivity index (χ2v) is 5.98. The lowest BCUT2D eigenvalue weighted by Crippen LogP contribution is -2.29. The van der Waals surface area contributed by atoms with Crippen LogP contribution in [0.3, 0.4) is 0 Å². The Labute approximate surface area is 164 Å². The summed E-state index contributed by atoms with van der Waals surface area (Å²) in [6.45, 7) is 0. The maximum atomic E-state index is 12.9. The van der Waals surface area contributed by atoms with Crippen molar-refractivity contribution in [3.8, 4) is 5.75 Å². The maximum Gasteiger partial charge on any atom is 0.416 e. The normalized spacial score (nSPS) is 11.7. The van der Waals surface area contributed by atoms with Crippen molar-refractivity contribution in [3.63, 3.8) is 0 Å². The molecule has 2 N–H and O–H groups in total. The van der Waals surface area contributed by atoms with Gasteiger partial charge in [0.25, 0.3) is 0 Å². The molecular weight excluding hydrogens is 430 g/mol. The van der Waals surface area contributed by atoms with E-state index in [1.54, 1.807) is 5.32 Å². The van der Waals surface area contributed by atoms with Crippen LogP contribution in [-0.2, 0) is 21.9 Å². The standard InChI is InChI=1S/C17H11ClF6N2O3/c1-29-13-3-2-10(18)7-12(13)26-15(28)14(27)25-11-5-8(16(19,20)21)4-9(6-11)17(22,23)24/h2-7H,1H3,(H,25,27)(H,26,28). The van der Waals surface area contributed by atoms with Crippen molar-refractivity contribution >= 4 is 34.8 Å². The molecule has 2 aromatic rings. The number of amides is 2. The van der Waals surface area contributed by atoms with E-state index < -0.39 is 41.0 Å². The minimum atomic E-state index is -5.10. The van der Waals surface area contributed by atoms with E-state index in [9.17, 15) is 35.9 Å². The Morgan fingerprint density at radius 1 is 0.862 bits per heavy atom. The Balaban J connectivity index is 2.28. The molecular formula is C17H11ClF6N2O3. The number of hydrogen-bond acceptors (Lipinski definition) is 3. The maximum absolute atomic E-state index is 12.9. The number of carbonyl (C=O) groups is 2. The molecule has 2 aromatic carbocycles. The summed E-state index contributed by atoms with van der Waals surface area (Å²) in [6, 6.07) is 4.49. The lowest BCUT2D eigenvalue weighted by Gasteiger charge is -2.15. The first kappa shape index (κ1) is 22.3. The molecule has 156 valence electrons. The van der Waals surface area contributed by atoms with Crippen molar-refractivity contribution in [1.29, 1.82) is 0 Å². The first-order valence-corrected chi connectivity index (χ1v) is 7.94. The van der Waals surface area contributed by atoms with Gasteiger partial charge in [0.1, 0.15) is 5.75 Å². The van der Waals surface area contributed by atoms with Crippen LogP contribution in [0.15, 0.2) is 36.4 Å². The van der Waals surface area contributed by atoms with E-state index in [1.807, 2.05) is 0 Å². The molecule has 0 spiro atoms. The number of rotatable bonds is 3. The van der Waals surface area contributed by atoms with E-state index in [2.05, 4.69) is 5.32 Å². The Kier molecular flexibility index (Phi) is 6.31. The fourth-order valence-electron chi connectivity index (χ4n) is 2.17. The first-order chi connectivity index (χ1) is 13.3. The SMILES string of the molecule is COc1ccc(Cl)cc1NC(=O)C(=O)Nc1cc(C(F)(F)F)cc(C(F)(F)F)c1. The number of nitrogens with one attached hydrogen (secondary N) is 2. The van der Waals surface area contributed by atoms with Crippen molar-refractivity contribution in [2.24, 2.45) is 0 Å². The molecule has 0 unspecified atom stereocenters. The van der Waals surface area contributed by atoms with E-state index in [0.29, 0.717) is 0 Å². The zero-order valence-corrected chi connectivity index (χ0v) is 15.1. The van der Waals surface area contributed by atoms with Gasteiger partial charge in [-0.2, -0.15) is 26.3 Å². The number of ether oxygens (including phenoxy) is 1. The van der Waals surface area contributed by atoms with Crippen LogP contribution < -0.4 is 15.4 Å². The van der Waals surface area contributed by atoms with Crippen molar-refractivity contribution in [2.45, 2.75) is 12.4 Å². The molecule has 0 atom stereocenters. The molecule has 0 aliphatic heterocycles. The van der Waals surface area contributed by atoms with Gasteiger partial charge < -0.3 is 15.4 Å². The molecule has 0 aromatic heterocycles. The van der Waals surface area contributed by atoms with Gasteiger partial charge in [-0.05, 0) is 36.4 Å². The smallest absolute Gasteiger partial charge is 0.416 e. The minimum Gasteiger partial charge on any atom is -0.495 e. The van der Waals surface area contributed by atoms with Gasteiger partial charge in [-0.3, -0.25) is 9.59 Å². The number of anilines is 2. The number of methoxy groups -OCH3 is 1. The van der Waals surface area contributed by atoms with Crippen molar-refractivity contribution in [2.75, 3.05) is 17.7 Å². The number of carbonyl (C=O) groups excluding carboxylic acids is 2. The molecule has 2 amide bonds. The van der Waals surface area contributed by atoms with Gasteiger partial charge in [0.2, 0.25) is 0 Å². The van der Waals surface area contributed by atoms with Gasteiger partial charge in [0.15, 0.2) is 0 Å². The Hall–Kier alpha value is -2.95. The zero-order chi connectivity index (χ0) is 22.0. The van der Waals surface area contributed by atoms with Gasteiger partial charge in [-0.1, -0.05) is 11.6 Å². The van der Waals surface area contributed by atoms with Crippen LogP contribution in [-0.4, -0.2) is 18.9 Å². The van der Waals surface area contributed by atoms with Gasteiger partial charge in [-0.15, -0.1) is 0 Å². The molecule has 0 bridgehead atoms. The zero-order valence-electron chi connectivity index (χ0n) is 14.3. The summed E-state index contributed by atoms with van der Waals surface area (Å²) in [4.78, 5) is 24.0. The van der Waals surface area contributed by atoms with Crippen LogP contribution in [0.2, 0.25) is 5.02 Å². The third kappa shape index (κ3) is 5.76. The van der Waals surface area contributed by atoms with Gasteiger partial charge >= 0.3 is 24.2 Å². The molecule has 2 rings (SSSR count). The summed E-state index contributed by atoms with van der Waals surface area (Å²) in [5, 5.41) is 4.00. The molecule has 0 aliphatic carbocycles. The highest BCUT2D eigenvalue weighted by Crippen LogP contribution is 2.37. The summed E-state index contributed by atoms with van der Waals surface area (Å²) in [5.74, 6) is -2.75. The predicted molar refractivity (Wildman–Crippen MR) is 91.7 cm³/mol. The van der Waals surface area contributed by atoms with E-state index in [1.165, 1.54) is 25.3 Å². The number of benzene rings is 2. The summed E-state index contributed by atoms with van der Waals surface area (Å²) < 4.78 is 82.1. The second-order valence-electron chi connectivity index (χ2n) is 5.55. The van der Waals surface area contributed by atoms with E-state index in [4.69, 9.17) is 16.3 Å².